The molecule has 6 heteroatoms. The molecule has 2 rings (SSSR count). The third-order valence-corrected chi connectivity index (χ3v) is 5.95. The number of hydrogen-bond acceptors (Lipinski definition) is 3. The van der Waals surface area contributed by atoms with Crippen LogP contribution in [0, 0.1) is 24.6 Å². The van der Waals surface area contributed by atoms with Crippen LogP contribution in [0.25, 0.3) is 0 Å². The second-order valence-corrected chi connectivity index (χ2v) is 8.03. The van der Waals surface area contributed by atoms with Gasteiger partial charge in [0.05, 0.1) is 11.5 Å². The van der Waals surface area contributed by atoms with Gasteiger partial charge in [0.25, 0.3) is 0 Å². The number of halogens is 1. The first-order valence-corrected chi connectivity index (χ1v) is 8.59. The number of benzene rings is 1. The molecule has 1 N–H and O–H groups in total. The van der Waals surface area contributed by atoms with Crippen molar-refractivity contribution in [2.75, 3.05) is 13.1 Å². The highest BCUT2D eigenvalue weighted by Gasteiger charge is 2.33. The van der Waals surface area contributed by atoms with Crippen LogP contribution in [0.5, 0.6) is 0 Å². The number of piperidine rings is 1. The molecule has 0 saturated carbocycles. The van der Waals surface area contributed by atoms with E-state index >= 15 is 0 Å². The molecule has 1 saturated heterocycles. The molecule has 2 atom stereocenters. The molecule has 2 unspecified atom stereocenters. The van der Waals surface area contributed by atoms with Gasteiger partial charge in [-0.2, -0.15) is 4.31 Å². The molecule has 1 heterocycles. The number of aliphatic hydroxyl groups excluding tert-OH is 1. The average Bonchev–Trinajstić information content (AvgIpc) is 2.40. The van der Waals surface area contributed by atoms with Gasteiger partial charge in [0.1, 0.15) is 5.82 Å². The standard InChI is InChI=1S/C15H22FNO3S/c1-10-4-11(2)8-17(7-10)21(19,20)15-6-13(9-18)5-14(16)12(15)3/h5-6,10-11,18H,4,7-9H2,1-3H3. The zero-order valence-electron chi connectivity index (χ0n) is 12.6. The number of sulfonamides is 1. The van der Waals surface area contributed by atoms with E-state index in [1.54, 1.807) is 0 Å². The summed E-state index contributed by atoms with van der Waals surface area (Å²) in [6.07, 6.45) is 0.996. The lowest BCUT2D eigenvalue weighted by atomic mass is 9.94. The summed E-state index contributed by atoms with van der Waals surface area (Å²) in [5, 5.41) is 9.16. The van der Waals surface area contributed by atoms with Crippen molar-refractivity contribution in [3.8, 4) is 0 Å². The van der Waals surface area contributed by atoms with Crippen molar-refractivity contribution in [2.45, 2.75) is 38.7 Å². The van der Waals surface area contributed by atoms with Crippen LogP contribution in [0.1, 0.15) is 31.4 Å². The van der Waals surface area contributed by atoms with E-state index in [4.69, 9.17) is 5.11 Å². The molecule has 1 aromatic carbocycles. The Balaban J connectivity index is 2.46. The summed E-state index contributed by atoms with van der Waals surface area (Å²) >= 11 is 0. The van der Waals surface area contributed by atoms with E-state index in [0.29, 0.717) is 13.1 Å². The van der Waals surface area contributed by atoms with Crippen LogP contribution < -0.4 is 0 Å². The van der Waals surface area contributed by atoms with Gasteiger partial charge < -0.3 is 5.11 Å². The monoisotopic (exact) mass is 315 g/mol. The van der Waals surface area contributed by atoms with Crippen molar-refractivity contribution in [1.29, 1.82) is 0 Å². The quantitative estimate of drug-likeness (QED) is 0.931. The van der Waals surface area contributed by atoms with E-state index in [2.05, 4.69) is 0 Å². The molecule has 1 aliphatic heterocycles. The Morgan fingerprint density at radius 1 is 1.29 bits per heavy atom. The highest BCUT2D eigenvalue weighted by molar-refractivity contribution is 7.89. The molecule has 1 aliphatic rings. The molecule has 1 fully saturated rings. The summed E-state index contributed by atoms with van der Waals surface area (Å²) in [7, 11) is -3.73. The minimum Gasteiger partial charge on any atom is -0.392 e. The van der Waals surface area contributed by atoms with Crippen molar-refractivity contribution < 1.29 is 17.9 Å². The molecule has 0 bridgehead atoms. The summed E-state index contributed by atoms with van der Waals surface area (Å²) < 4.78 is 40.9. The first-order valence-electron chi connectivity index (χ1n) is 7.15. The Labute approximate surface area is 125 Å². The van der Waals surface area contributed by atoms with Gasteiger partial charge in [0.2, 0.25) is 10.0 Å². The van der Waals surface area contributed by atoms with Crippen LogP contribution in [0.2, 0.25) is 0 Å². The third-order valence-electron chi connectivity index (χ3n) is 3.99. The van der Waals surface area contributed by atoms with Gasteiger partial charge in [-0.05, 0) is 42.9 Å². The summed E-state index contributed by atoms with van der Waals surface area (Å²) in [5.74, 6) is -0.0253. The van der Waals surface area contributed by atoms with Gasteiger partial charge in [0, 0.05) is 18.7 Å². The predicted molar refractivity (Wildman–Crippen MR) is 78.8 cm³/mol. The lowest BCUT2D eigenvalue weighted by Crippen LogP contribution is -2.42. The van der Waals surface area contributed by atoms with Crippen LogP contribution in [0.4, 0.5) is 4.39 Å². The van der Waals surface area contributed by atoms with E-state index in [1.807, 2.05) is 13.8 Å². The molecule has 21 heavy (non-hydrogen) atoms. The van der Waals surface area contributed by atoms with Gasteiger partial charge in [-0.3, -0.25) is 0 Å². The first kappa shape index (κ1) is 16.4. The number of hydrogen-bond donors (Lipinski definition) is 1. The second kappa shape index (κ2) is 6.02. The smallest absolute Gasteiger partial charge is 0.243 e. The highest BCUT2D eigenvalue weighted by atomic mass is 32.2. The zero-order chi connectivity index (χ0) is 15.8. The van der Waals surface area contributed by atoms with Gasteiger partial charge in [0.15, 0.2) is 0 Å². The summed E-state index contributed by atoms with van der Waals surface area (Å²) in [4.78, 5) is -0.0344. The molecule has 1 aromatic rings. The maximum absolute atomic E-state index is 13.9. The van der Waals surface area contributed by atoms with E-state index in [-0.39, 0.29) is 34.5 Å². The fourth-order valence-corrected chi connectivity index (χ4v) is 4.97. The third kappa shape index (κ3) is 3.27. The van der Waals surface area contributed by atoms with Crippen LogP contribution >= 0.6 is 0 Å². The highest BCUT2D eigenvalue weighted by Crippen LogP contribution is 2.29. The van der Waals surface area contributed by atoms with Gasteiger partial charge in [-0.15, -0.1) is 0 Å². The lowest BCUT2D eigenvalue weighted by molar-refractivity contribution is 0.222. The van der Waals surface area contributed by atoms with Crippen molar-refractivity contribution in [3.63, 3.8) is 0 Å². The molecule has 0 spiro atoms. The molecule has 118 valence electrons. The second-order valence-electron chi connectivity index (χ2n) is 6.13. The molecule has 4 nitrogen and oxygen atoms in total. The van der Waals surface area contributed by atoms with Crippen molar-refractivity contribution in [2.24, 2.45) is 11.8 Å². The summed E-state index contributed by atoms with van der Waals surface area (Å²) in [6.45, 7) is 6.03. The Morgan fingerprint density at radius 3 is 2.38 bits per heavy atom. The van der Waals surface area contributed by atoms with Crippen LogP contribution in [0.3, 0.4) is 0 Å². The Hall–Kier alpha value is -0.980. The molecule has 0 radical (unpaired) electrons. The maximum Gasteiger partial charge on any atom is 0.243 e. The van der Waals surface area contributed by atoms with E-state index in [1.165, 1.54) is 23.4 Å². The fraction of sp³-hybridized carbons (Fsp3) is 0.600. The molecular formula is C15H22FNO3S. The normalized spacial score (nSPS) is 24.2. The van der Waals surface area contributed by atoms with Crippen LogP contribution in [-0.2, 0) is 16.6 Å². The van der Waals surface area contributed by atoms with Crippen molar-refractivity contribution in [1.82, 2.24) is 4.31 Å². The van der Waals surface area contributed by atoms with E-state index < -0.39 is 15.8 Å². The lowest BCUT2D eigenvalue weighted by Gasteiger charge is -2.34. The molecule has 0 aromatic heterocycles. The number of nitrogens with zero attached hydrogens (tertiary/aromatic N) is 1. The minimum absolute atomic E-state index is 0.0344. The SMILES string of the molecule is Cc1c(F)cc(CO)cc1S(=O)(=O)N1CC(C)CC(C)C1. The van der Waals surface area contributed by atoms with Crippen LogP contribution in [-0.4, -0.2) is 30.9 Å². The van der Waals surface area contributed by atoms with Crippen molar-refractivity contribution >= 4 is 10.0 Å². The number of rotatable bonds is 3. The topological polar surface area (TPSA) is 57.6 Å². The largest absolute Gasteiger partial charge is 0.392 e. The van der Waals surface area contributed by atoms with Crippen molar-refractivity contribution in [3.05, 3.63) is 29.1 Å². The summed E-state index contributed by atoms with van der Waals surface area (Å²) in [5.41, 5.74) is 0.382. The Morgan fingerprint density at radius 2 is 1.86 bits per heavy atom. The van der Waals surface area contributed by atoms with Crippen LogP contribution in [0.15, 0.2) is 17.0 Å². The van der Waals surface area contributed by atoms with E-state index in [9.17, 15) is 12.8 Å². The minimum atomic E-state index is -3.73. The van der Waals surface area contributed by atoms with Gasteiger partial charge >= 0.3 is 0 Å². The molecular weight excluding hydrogens is 293 g/mol. The molecule has 0 amide bonds. The van der Waals surface area contributed by atoms with Gasteiger partial charge in [-0.1, -0.05) is 13.8 Å². The Kier molecular flexibility index (Phi) is 4.70. The van der Waals surface area contributed by atoms with E-state index in [0.717, 1.165) is 6.42 Å². The fourth-order valence-electron chi connectivity index (χ4n) is 3.01. The first-order chi connectivity index (χ1) is 9.75. The average molecular weight is 315 g/mol. The number of aliphatic hydroxyl groups is 1. The Bertz CT molecular complexity index is 620. The maximum atomic E-state index is 13.9. The predicted octanol–water partition coefficient (Wildman–Crippen LogP) is 2.29. The van der Waals surface area contributed by atoms with Gasteiger partial charge in [-0.25, -0.2) is 12.8 Å². The zero-order valence-corrected chi connectivity index (χ0v) is 13.5. The molecule has 0 aliphatic carbocycles. The summed E-state index contributed by atoms with van der Waals surface area (Å²) in [6, 6.07) is 2.55.